The maximum absolute atomic E-state index is 10.7. The molecule has 0 radical (unpaired) electrons. The third-order valence-electron chi connectivity index (χ3n) is 0.672. The molecule has 0 unspecified atom stereocenters. The Bertz CT molecular complexity index is 117. The first kappa shape index (κ1) is 9.23. The molecule has 1 amide bonds. The van der Waals surface area contributed by atoms with Gasteiger partial charge < -0.3 is 10.2 Å². The van der Waals surface area contributed by atoms with Crippen LogP contribution in [0, 0.1) is 0 Å². The summed E-state index contributed by atoms with van der Waals surface area (Å²) < 4.78 is 0. The van der Waals surface area contributed by atoms with Gasteiger partial charge in [0.25, 0.3) is 0 Å². The molecule has 0 aromatic rings. The Labute approximate surface area is 60.9 Å². The molecule has 0 aliphatic heterocycles. The minimum Gasteiger partial charge on any atom is -0.354 e. The van der Waals surface area contributed by atoms with Crippen LogP contribution in [0.4, 0.5) is 4.79 Å². The summed E-state index contributed by atoms with van der Waals surface area (Å²) in [4.78, 5) is 15.1. The predicted molar refractivity (Wildman–Crippen MR) is 38.4 cm³/mol. The molecule has 0 aliphatic rings. The van der Waals surface area contributed by atoms with E-state index < -0.39 is 6.09 Å². The van der Waals surface area contributed by atoms with Crippen LogP contribution in [0.1, 0.15) is 20.8 Å². The number of rotatable bonds is 1. The minimum absolute atomic E-state index is 0.242. The van der Waals surface area contributed by atoms with Crippen molar-refractivity contribution in [1.82, 2.24) is 10.8 Å². The molecular weight excluding hydrogens is 132 g/mol. The molecule has 0 aromatic carbocycles. The summed E-state index contributed by atoms with van der Waals surface area (Å²) in [5.74, 6) is 0. The number of hydrogen-bond acceptors (Lipinski definition) is 3. The third kappa shape index (κ3) is 5.37. The molecule has 0 spiro atoms. The van der Waals surface area contributed by atoms with E-state index in [2.05, 4.69) is 15.6 Å². The molecule has 0 aromatic heterocycles. The fourth-order valence-corrected chi connectivity index (χ4v) is 0.424. The lowest BCUT2D eigenvalue weighted by atomic mass is 10.1. The van der Waals surface area contributed by atoms with Gasteiger partial charge in [-0.2, -0.15) is 5.48 Å². The number of carbonyl (C=O) groups is 1. The first-order chi connectivity index (χ1) is 4.45. The van der Waals surface area contributed by atoms with Crippen LogP contribution in [0.15, 0.2) is 0 Å². The monoisotopic (exact) mass is 146 g/mol. The van der Waals surface area contributed by atoms with E-state index in [1.807, 2.05) is 20.8 Å². The summed E-state index contributed by atoms with van der Waals surface area (Å²) in [5, 5.41) is 2.60. The fraction of sp³-hybridized carbons (Fsp3) is 0.833. The van der Waals surface area contributed by atoms with Crippen molar-refractivity contribution in [3.8, 4) is 0 Å². The van der Waals surface area contributed by atoms with Gasteiger partial charge in [0.1, 0.15) is 0 Å². The van der Waals surface area contributed by atoms with Crippen molar-refractivity contribution in [2.75, 3.05) is 7.05 Å². The molecule has 4 heteroatoms. The molecule has 0 aliphatic carbocycles. The molecule has 0 fully saturated rings. The summed E-state index contributed by atoms with van der Waals surface area (Å²) in [6.07, 6.45) is -0.463. The number of carbonyl (C=O) groups excluding carboxylic acids is 1. The molecule has 60 valence electrons. The molecular formula is C6H14N2O2. The second-order valence-electron chi connectivity index (χ2n) is 2.97. The van der Waals surface area contributed by atoms with E-state index >= 15 is 0 Å². The van der Waals surface area contributed by atoms with Gasteiger partial charge in [-0.05, 0) is 20.8 Å². The third-order valence-corrected chi connectivity index (χ3v) is 0.672. The van der Waals surface area contributed by atoms with E-state index in [1.165, 1.54) is 7.05 Å². The highest BCUT2D eigenvalue weighted by Gasteiger charge is 2.13. The number of hydrogen-bond donors (Lipinski definition) is 2. The van der Waals surface area contributed by atoms with Gasteiger partial charge in [-0.25, -0.2) is 4.79 Å². The normalized spacial score (nSPS) is 10.8. The Morgan fingerprint density at radius 1 is 1.40 bits per heavy atom. The SMILES string of the molecule is CNOC(=O)NC(C)(C)C. The van der Waals surface area contributed by atoms with Gasteiger partial charge >= 0.3 is 6.09 Å². The van der Waals surface area contributed by atoms with Crippen molar-refractivity contribution < 1.29 is 9.63 Å². The highest BCUT2D eigenvalue weighted by Crippen LogP contribution is 1.97. The van der Waals surface area contributed by atoms with Gasteiger partial charge in [0, 0.05) is 12.6 Å². The fourth-order valence-electron chi connectivity index (χ4n) is 0.424. The lowest BCUT2D eigenvalue weighted by molar-refractivity contribution is 0.0956. The van der Waals surface area contributed by atoms with Crippen molar-refractivity contribution in [1.29, 1.82) is 0 Å². The zero-order valence-corrected chi connectivity index (χ0v) is 6.82. The molecule has 0 saturated heterocycles. The van der Waals surface area contributed by atoms with E-state index in [-0.39, 0.29) is 5.54 Å². The Morgan fingerprint density at radius 2 is 1.90 bits per heavy atom. The minimum atomic E-state index is -0.463. The van der Waals surface area contributed by atoms with Crippen molar-refractivity contribution in [3.05, 3.63) is 0 Å². The molecule has 0 saturated carbocycles. The van der Waals surface area contributed by atoms with Crippen molar-refractivity contribution >= 4 is 6.09 Å². The summed E-state index contributed by atoms with van der Waals surface area (Å²) in [6, 6.07) is 0. The van der Waals surface area contributed by atoms with Crippen LogP contribution in [0.2, 0.25) is 0 Å². The largest absolute Gasteiger partial charge is 0.426 e. The lowest BCUT2D eigenvalue weighted by Crippen LogP contribution is -2.42. The van der Waals surface area contributed by atoms with Crippen LogP contribution in [-0.2, 0) is 4.84 Å². The van der Waals surface area contributed by atoms with Crippen LogP contribution in [0.3, 0.4) is 0 Å². The van der Waals surface area contributed by atoms with Gasteiger partial charge in [-0.3, -0.25) is 0 Å². The van der Waals surface area contributed by atoms with Crippen LogP contribution in [-0.4, -0.2) is 18.7 Å². The van der Waals surface area contributed by atoms with Gasteiger partial charge in [0.05, 0.1) is 0 Å². The highest BCUT2D eigenvalue weighted by atomic mass is 16.7. The van der Waals surface area contributed by atoms with E-state index in [4.69, 9.17) is 0 Å². The maximum atomic E-state index is 10.7. The van der Waals surface area contributed by atoms with E-state index in [1.54, 1.807) is 0 Å². The van der Waals surface area contributed by atoms with Crippen molar-refractivity contribution in [2.24, 2.45) is 0 Å². The number of hydroxylamine groups is 1. The van der Waals surface area contributed by atoms with Gasteiger partial charge in [-0.15, -0.1) is 0 Å². The summed E-state index contributed by atoms with van der Waals surface area (Å²) in [7, 11) is 1.53. The Balaban J connectivity index is 3.58. The van der Waals surface area contributed by atoms with E-state index in [0.717, 1.165) is 0 Å². The van der Waals surface area contributed by atoms with Crippen LogP contribution >= 0.6 is 0 Å². The second kappa shape index (κ2) is 3.41. The zero-order valence-electron chi connectivity index (χ0n) is 6.82. The molecule has 2 N–H and O–H groups in total. The number of amides is 1. The van der Waals surface area contributed by atoms with Crippen molar-refractivity contribution in [3.63, 3.8) is 0 Å². The van der Waals surface area contributed by atoms with Crippen LogP contribution in [0.25, 0.3) is 0 Å². The smallest absolute Gasteiger partial charge is 0.354 e. The summed E-state index contributed by atoms with van der Waals surface area (Å²) in [5.41, 5.74) is 2.04. The standard InChI is InChI=1S/C6H14N2O2/c1-6(2,3)8-5(9)10-7-4/h7H,1-4H3,(H,8,9). The average molecular weight is 146 g/mol. The summed E-state index contributed by atoms with van der Waals surface area (Å²) in [6.45, 7) is 5.64. The van der Waals surface area contributed by atoms with Gasteiger partial charge in [0.15, 0.2) is 0 Å². The Hall–Kier alpha value is -0.770. The predicted octanol–water partition coefficient (Wildman–Crippen LogP) is 0.645. The van der Waals surface area contributed by atoms with Crippen LogP contribution in [0.5, 0.6) is 0 Å². The quantitative estimate of drug-likeness (QED) is 0.534. The molecule has 0 bridgehead atoms. The van der Waals surface area contributed by atoms with Crippen LogP contribution < -0.4 is 10.8 Å². The first-order valence-corrected chi connectivity index (χ1v) is 3.11. The van der Waals surface area contributed by atoms with Gasteiger partial charge in [0.2, 0.25) is 0 Å². The van der Waals surface area contributed by atoms with Gasteiger partial charge in [-0.1, -0.05) is 0 Å². The summed E-state index contributed by atoms with van der Waals surface area (Å²) >= 11 is 0. The lowest BCUT2D eigenvalue weighted by Gasteiger charge is -2.19. The van der Waals surface area contributed by atoms with Crippen molar-refractivity contribution in [2.45, 2.75) is 26.3 Å². The molecule has 0 heterocycles. The van der Waals surface area contributed by atoms with E-state index in [0.29, 0.717) is 0 Å². The average Bonchev–Trinajstić information content (AvgIpc) is 1.59. The molecule has 0 rings (SSSR count). The molecule has 4 nitrogen and oxygen atoms in total. The highest BCUT2D eigenvalue weighted by molar-refractivity contribution is 5.67. The zero-order chi connectivity index (χ0) is 8.20. The molecule has 10 heavy (non-hydrogen) atoms. The second-order valence-corrected chi connectivity index (χ2v) is 2.97. The Morgan fingerprint density at radius 3 is 2.20 bits per heavy atom. The topological polar surface area (TPSA) is 50.4 Å². The molecule has 0 atom stereocenters. The number of nitrogens with one attached hydrogen (secondary N) is 2. The maximum Gasteiger partial charge on any atom is 0.426 e. The first-order valence-electron chi connectivity index (χ1n) is 3.11. The Kier molecular flexibility index (Phi) is 3.15. The van der Waals surface area contributed by atoms with E-state index in [9.17, 15) is 4.79 Å².